The summed E-state index contributed by atoms with van der Waals surface area (Å²) >= 11 is 0. The van der Waals surface area contributed by atoms with Gasteiger partial charge in [-0.1, -0.05) is 18.7 Å². The number of rotatable bonds is 7. The minimum Gasteiger partial charge on any atom is -0.445 e. The predicted octanol–water partition coefficient (Wildman–Crippen LogP) is 2.09. The van der Waals surface area contributed by atoms with E-state index < -0.39 is 6.09 Å². The lowest BCUT2D eigenvalue weighted by Gasteiger charge is -2.15. The van der Waals surface area contributed by atoms with Crippen LogP contribution in [0.1, 0.15) is 8.42 Å². The van der Waals surface area contributed by atoms with Gasteiger partial charge >= 0.3 is 6.09 Å². The van der Waals surface area contributed by atoms with E-state index in [4.69, 9.17) is 4.74 Å². The molecule has 0 radical (unpaired) electrons. The van der Waals surface area contributed by atoms with Crippen LogP contribution in [0.2, 0.25) is 0 Å². The standard InChI is InChI=1S/C15H21N3O3.2H2/c1-4-14(19)18(3)10-9-17-15(20)21-11-12-5-7-13(16-2)8-6-12;;/h4-8,16H,1,9-11H2,2-3H3,(H,17,20);2*1H. The number of anilines is 1. The second kappa shape index (κ2) is 8.63. The van der Waals surface area contributed by atoms with Crippen LogP contribution < -0.4 is 10.6 Å². The molecule has 2 amide bonds. The maximum Gasteiger partial charge on any atom is 0.407 e. The van der Waals surface area contributed by atoms with Crippen molar-refractivity contribution in [2.24, 2.45) is 0 Å². The van der Waals surface area contributed by atoms with Crippen LogP contribution in [0.25, 0.3) is 0 Å². The maximum atomic E-state index is 11.5. The molecule has 0 aliphatic rings. The Morgan fingerprint density at radius 1 is 1.38 bits per heavy atom. The molecule has 0 aliphatic heterocycles. The van der Waals surface area contributed by atoms with Crippen molar-refractivity contribution < 1.29 is 17.2 Å². The second-order valence-corrected chi connectivity index (χ2v) is 4.41. The number of hydrogen-bond donors (Lipinski definition) is 2. The minimum absolute atomic E-state index is 0. The largest absolute Gasteiger partial charge is 0.445 e. The van der Waals surface area contributed by atoms with E-state index in [1.165, 1.54) is 11.0 Å². The smallest absolute Gasteiger partial charge is 0.407 e. The van der Waals surface area contributed by atoms with Gasteiger partial charge in [-0.2, -0.15) is 0 Å². The molecule has 6 nitrogen and oxygen atoms in total. The molecule has 0 heterocycles. The van der Waals surface area contributed by atoms with Crippen molar-refractivity contribution in [2.45, 2.75) is 6.61 Å². The maximum absolute atomic E-state index is 11.5. The monoisotopic (exact) mass is 295 g/mol. The van der Waals surface area contributed by atoms with Crippen LogP contribution in [0, 0.1) is 0 Å². The van der Waals surface area contributed by atoms with E-state index in [2.05, 4.69) is 17.2 Å². The molecule has 0 fully saturated rings. The first-order valence-corrected chi connectivity index (χ1v) is 6.61. The number of amides is 2. The Hall–Kier alpha value is -2.50. The van der Waals surface area contributed by atoms with Crippen LogP contribution in [-0.2, 0) is 16.1 Å². The van der Waals surface area contributed by atoms with Gasteiger partial charge in [-0.05, 0) is 23.8 Å². The molecular weight excluding hydrogens is 270 g/mol. The van der Waals surface area contributed by atoms with Crippen LogP contribution in [0.3, 0.4) is 0 Å². The summed E-state index contributed by atoms with van der Waals surface area (Å²) < 4.78 is 5.08. The summed E-state index contributed by atoms with van der Waals surface area (Å²) in [5.74, 6) is -0.185. The number of benzene rings is 1. The number of nitrogens with one attached hydrogen (secondary N) is 2. The van der Waals surface area contributed by atoms with E-state index in [1.807, 2.05) is 31.3 Å². The summed E-state index contributed by atoms with van der Waals surface area (Å²) in [5.41, 5.74) is 1.90. The highest BCUT2D eigenvalue weighted by atomic mass is 16.5. The highest BCUT2D eigenvalue weighted by Gasteiger charge is 2.06. The first kappa shape index (κ1) is 16.6. The molecule has 0 aliphatic carbocycles. The van der Waals surface area contributed by atoms with Gasteiger partial charge in [0.2, 0.25) is 5.91 Å². The van der Waals surface area contributed by atoms with E-state index in [0.717, 1.165) is 11.3 Å². The molecule has 0 aromatic heterocycles. The Bertz CT molecular complexity index is 495. The lowest BCUT2D eigenvalue weighted by Crippen LogP contribution is -2.35. The summed E-state index contributed by atoms with van der Waals surface area (Å²) in [5, 5.41) is 5.60. The molecule has 0 saturated heterocycles. The number of nitrogens with zero attached hydrogens (tertiary/aromatic N) is 1. The third-order valence-corrected chi connectivity index (χ3v) is 2.88. The number of hydrogen-bond acceptors (Lipinski definition) is 4. The van der Waals surface area contributed by atoms with Gasteiger partial charge < -0.3 is 20.3 Å². The van der Waals surface area contributed by atoms with Crippen LogP contribution in [0.15, 0.2) is 36.9 Å². The van der Waals surface area contributed by atoms with Crippen LogP contribution in [0.5, 0.6) is 0 Å². The first-order valence-electron chi connectivity index (χ1n) is 6.61. The summed E-state index contributed by atoms with van der Waals surface area (Å²) in [6.45, 7) is 4.32. The SMILES string of the molecule is C=CC(=O)N(C)CCNC(=O)OCc1ccc(NC)cc1.[HH].[HH]. The molecule has 1 aromatic rings. The molecule has 2 N–H and O–H groups in total. The normalized spacial score (nSPS) is 9.62. The third-order valence-electron chi connectivity index (χ3n) is 2.88. The number of carbonyl (C=O) groups excluding carboxylic acids is 2. The molecule has 0 unspecified atom stereocenters. The van der Waals surface area contributed by atoms with Gasteiger partial charge in [-0.25, -0.2) is 4.79 Å². The van der Waals surface area contributed by atoms with Crippen LogP contribution in [-0.4, -0.2) is 44.1 Å². The average Bonchev–Trinajstić information content (AvgIpc) is 2.52. The molecule has 21 heavy (non-hydrogen) atoms. The Labute approximate surface area is 127 Å². The fraction of sp³-hybridized carbons (Fsp3) is 0.333. The van der Waals surface area contributed by atoms with Gasteiger partial charge in [-0.3, -0.25) is 4.79 Å². The third kappa shape index (κ3) is 5.99. The minimum atomic E-state index is -0.507. The van der Waals surface area contributed by atoms with Gasteiger partial charge in [0, 0.05) is 35.7 Å². The molecule has 1 aromatic carbocycles. The van der Waals surface area contributed by atoms with Gasteiger partial charge in [0.25, 0.3) is 0 Å². The lowest BCUT2D eigenvalue weighted by atomic mass is 10.2. The average molecular weight is 295 g/mol. The van der Waals surface area contributed by atoms with Gasteiger partial charge in [0.15, 0.2) is 0 Å². The van der Waals surface area contributed by atoms with Crippen molar-refractivity contribution >= 4 is 17.7 Å². The fourth-order valence-electron chi connectivity index (χ4n) is 1.56. The van der Waals surface area contributed by atoms with E-state index in [0.29, 0.717) is 13.1 Å². The fourth-order valence-corrected chi connectivity index (χ4v) is 1.56. The molecule has 0 bridgehead atoms. The van der Waals surface area contributed by atoms with Gasteiger partial charge in [-0.15, -0.1) is 0 Å². The Kier molecular flexibility index (Phi) is 6.80. The summed E-state index contributed by atoms with van der Waals surface area (Å²) in [6, 6.07) is 7.59. The van der Waals surface area contributed by atoms with Crippen LogP contribution in [0.4, 0.5) is 10.5 Å². The zero-order valence-corrected chi connectivity index (χ0v) is 12.4. The van der Waals surface area contributed by atoms with Gasteiger partial charge in [0.05, 0.1) is 0 Å². The Morgan fingerprint density at radius 3 is 2.62 bits per heavy atom. The van der Waals surface area contributed by atoms with E-state index in [1.54, 1.807) is 7.05 Å². The zero-order chi connectivity index (χ0) is 15.7. The van der Waals surface area contributed by atoms with Crippen molar-refractivity contribution in [3.8, 4) is 0 Å². The van der Waals surface area contributed by atoms with Crippen molar-refractivity contribution in [3.63, 3.8) is 0 Å². The quantitative estimate of drug-likeness (QED) is 0.756. The highest BCUT2D eigenvalue weighted by molar-refractivity contribution is 5.86. The topological polar surface area (TPSA) is 70.7 Å². The zero-order valence-electron chi connectivity index (χ0n) is 12.4. The van der Waals surface area contributed by atoms with Crippen LogP contribution >= 0.6 is 0 Å². The Morgan fingerprint density at radius 2 is 2.05 bits per heavy atom. The second-order valence-electron chi connectivity index (χ2n) is 4.41. The van der Waals surface area contributed by atoms with Crippen molar-refractivity contribution in [1.82, 2.24) is 10.2 Å². The predicted molar refractivity (Wildman–Crippen MR) is 86.2 cm³/mol. The first-order chi connectivity index (χ1) is 10.1. The molecule has 0 atom stereocenters. The number of likely N-dealkylation sites (N-methyl/N-ethyl adjacent to an activating group) is 1. The van der Waals surface area contributed by atoms with Gasteiger partial charge in [0.1, 0.15) is 6.61 Å². The summed E-state index contributed by atoms with van der Waals surface area (Å²) in [7, 11) is 3.48. The van der Waals surface area contributed by atoms with Crippen molar-refractivity contribution in [1.29, 1.82) is 0 Å². The summed E-state index contributed by atoms with van der Waals surface area (Å²) in [4.78, 5) is 24.2. The van der Waals surface area contributed by atoms with Crippen molar-refractivity contribution in [2.75, 3.05) is 32.5 Å². The highest BCUT2D eigenvalue weighted by Crippen LogP contribution is 2.09. The van der Waals surface area contributed by atoms with Crippen molar-refractivity contribution in [3.05, 3.63) is 42.5 Å². The van der Waals surface area contributed by atoms with E-state index >= 15 is 0 Å². The molecule has 0 spiro atoms. The molecule has 118 valence electrons. The summed E-state index contributed by atoms with van der Waals surface area (Å²) in [6.07, 6.45) is 0.722. The molecular formula is C15H25N3O3. The number of ether oxygens (including phenoxy) is 1. The Balaban J connectivity index is 0. The van der Waals surface area contributed by atoms with E-state index in [9.17, 15) is 9.59 Å². The van der Waals surface area contributed by atoms with E-state index in [-0.39, 0.29) is 15.4 Å². The number of alkyl carbamates (subject to hydrolysis) is 1. The molecule has 6 heteroatoms. The number of carbonyl (C=O) groups is 2. The molecule has 0 saturated carbocycles. The lowest BCUT2D eigenvalue weighted by molar-refractivity contribution is -0.124. The molecule has 1 rings (SSSR count).